The summed E-state index contributed by atoms with van der Waals surface area (Å²) in [6.07, 6.45) is 12.5. The summed E-state index contributed by atoms with van der Waals surface area (Å²) in [5, 5.41) is 0. The molecular weight excluding hydrogens is 168 g/mol. The Morgan fingerprint density at radius 1 is 1.43 bits per heavy atom. The van der Waals surface area contributed by atoms with Gasteiger partial charge in [-0.25, -0.2) is 0 Å². The van der Waals surface area contributed by atoms with E-state index in [9.17, 15) is 0 Å². The van der Waals surface area contributed by atoms with Crippen LogP contribution in [0, 0.1) is 11.8 Å². The van der Waals surface area contributed by atoms with Gasteiger partial charge < -0.3 is 0 Å². The predicted octanol–water partition coefficient (Wildman–Crippen LogP) is 4.02. The van der Waals surface area contributed by atoms with Crippen molar-refractivity contribution in [3.63, 3.8) is 0 Å². The molecule has 0 spiro atoms. The van der Waals surface area contributed by atoms with Gasteiger partial charge in [-0.05, 0) is 54.4 Å². The van der Waals surface area contributed by atoms with Crippen molar-refractivity contribution in [2.75, 3.05) is 0 Å². The van der Waals surface area contributed by atoms with Crippen molar-refractivity contribution < 1.29 is 0 Å². The molecule has 0 saturated heterocycles. The van der Waals surface area contributed by atoms with Crippen molar-refractivity contribution in [3.05, 3.63) is 41.2 Å². The Morgan fingerprint density at radius 3 is 3.07 bits per heavy atom. The van der Waals surface area contributed by atoms with Crippen LogP contribution in [0.5, 0.6) is 0 Å². The lowest BCUT2D eigenvalue weighted by Crippen LogP contribution is -2.13. The number of hydrogen-bond donors (Lipinski definition) is 0. The summed E-state index contributed by atoms with van der Waals surface area (Å²) in [6.45, 7) is 4.63. The Kier molecular flexibility index (Phi) is 2.74. The van der Waals surface area contributed by atoms with Crippen molar-refractivity contribution in [1.29, 1.82) is 0 Å². The van der Waals surface area contributed by atoms with Crippen molar-refractivity contribution in [2.24, 2.45) is 11.8 Å². The van der Waals surface area contributed by atoms with E-state index in [-0.39, 0.29) is 0 Å². The van der Waals surface area contributed by atoms with Crippen LogP contribution >= 0.6 is 0 Å². The van der Waals surface area contributed by atoms with Crippen LogP contribution < -0.4 is 0 Å². The molecule has 2 aliphatic carbocycles. The summed E-state index contributed by atoms with van der Waals surface area (Å²) in [6, 6.07) is 0. The minimum absolute atomic E-state index is 0.717. The minimum Gasteiger partial charge on any atom is -0.125 e. The number of allylic oxidation sites excluding steroid dienone is 5. The van der Waals surface area contributed by atoms with Gasteiger partial charge in [0.25, 0.3) is 0 Å². The van der Waals surface area contributed by atoms with Gasteiger partial charge >= 0.3 is 0 Å². The molecule has 0 fully saturated rings. The van der Waals surface area contributed by atoms with Crippen LogP contribution in [0.1, 0.15) is 33.1 Å². The zero-order chi connectivity index (χ0) is 9.97. The van der Waals surface area contributed by atoms with Gasteiger partial charge in [-0.15, -0.1) is 5.73 Å². The molecule has 0 radical (unpaired) electrons. The van der Waals surface area contributed by atoms with E-state index in [0.29, 0.717) is 5.92 Å². The van der Waals surface area contributed by atoms with Crippen molar-refractivity contribution in [1.82, 2.24) is 0 Å². The molecule has 14 heavy (non-hydrogen) atoms. The summed E-state index contributed by atoms with van der Waals surface area (Å²) in [5.74, 6) is 1.45. The highest BCUT2D eigenvalue weighted by atomic mass is 14.3. The Labute approximate surface area is 86.7 Å². The summed E-state index contributed by atoms with van der Waals surface area (Å²) in [7, 11) is 0. The molecule has 0 nitrogen and oxygen atoms in total. The zero-order valence-corrected chi connectivity index (χ0v) is 9.09. The van der Waals surface area contributed by atoms with E-state index >= 15 is 0 Å². The van der Waals surface area contributed by atoms with E-state index in [1.807, 2.05) is 0 Å². The fourth-order valence-electron chi connectivity index (χ4n) is 2.34. The molecule has 0 heterocycles. The van der Waals surface area contributed by atoms with Crippen LogP contribution in [0.4, 0.5) is 0 Å². The number of hydrogen-bond acceptors (Lipinski definition) is 0. The van der Waals surface area contributed by atoms with Gasteiger partial charge in [-0.3, -0.25) is 0 Å². The standard InChI is InChI=1S/C14H18/c1-11(2)13-10-6-8-12-7-4-3-5-9-14(12)13/h3,6,8-9,11,13H,4,7,10H2,1-2H3. The molecule has 0 aliphatic heterocycles. The highest BCUT2D eigenvalue weighted by molar-refractivity contribution is 5.39. The minimum atomic E-state index is 0.717. The first-order valence-corrected chi connectivity index (χ1v) is 5.59. The fourth-order valence-corrected chi connectivity index (χ4v) is 2.34. The topological polar surface area (TPSA) is 0 Å². The van der Waals surface area contributed by atoms with Crippen LogP contribution in [0.15, 0.2) is 41.2 Å². The summed E-state index contributed by atoms with van der Waals surface area (Å²) < 4.78 is 0. The van der Waals surface area contributed by atoms with Gasteiger partial charge in [0.2, 0.25) is 0 Å². The van der Waals surface area contributed by atoms with E-state index in [1.54, 1.807) is 0 Å². The van der Waals surface area contributed by atoms with Gasteiger partial charge in [-0.2, -0.15) is 0 Å². The Bertz CT molecular complexity index is 333. The molecular formula is C14H18. The molecule has 0 N–H and O–H groups in total. The maximum absolute atomic E-state index is 3.29. The van der Waals surface area contributed by atoms with Gasteiger partial charge in [0, 0.05) is 0 Å². The van der Waals surface area contributed by atoms with Gasteiger partial charge in [0.15, 0.2) is 0 Å². The third-order valence-electron chi connectivity index (χ3n) is 3.20. The lowest BCUT2D eigenvalue weighted by Gasteiger charge is -2.25. The average Bonchev–Trinajstić information content (AvgIpc) is 2.41. The molecule has 1 atom stereocenters. The second-order valence-corrected chi connectivity index (χ2v) is 4.52. The molecule has 0 aromatic heterocycles. The molecule has 1 unspecified atom stereocenters. The maximum atomic E-state index is 3.29. The maximum Gasteiger partial charge on any atom is -0.00953 e. The Morgan fingerprint density at radius 2 is 2.29 bits per heavy atom. The van der Waals surface area contributed by atoms with Crippen molar-refractivity contribution >= 4 is 0 Å². The summed E-state index contributed by atoms with van der Waals surface area (Å²) in [5.41, 5.74) is 6.37. The first-order valence-electron chi connectivity index (χ1n) is 5.59. The zero-order valence-electron chi connectivity index (χ0n) is 9.09. The second-order valence-electron chi connectivity index (χ2n) is 4.52. The van der Waals surface area contributed by atoms with Crippen LogP contribution in [0.25, 0.3) is 0 Å². The van der Waals surface area contributed by atoms with Crippen LogP contribution in [0.3, 0.4) is 0 Å². The third kappa shape index (κ3) is 1.76. The largest absolute Gasteiger partial charge is 0.125 e. The second kappa shape index (κ2) is 4.02. The highest BCUT2D eigenvalue weighted by Crippen LogP contribution is 2.34. The SMILES string of the molecule is CC(C)C1CC=CC2=C1C=C=CCC2. The quantitative estimate of drug-likeness (QED) is 0.542. The van der Waals surface area contributed by atoms with Gasteiger partial charge in [0.1, 0.15) is 0 Å². The molecule has 0 bridgehead atoms. The summed E-state index contributed by atoms with van der Waals surface area (Å²) >= 11 is 0. The highest BCUT2D eigenvalue weighted by Gasteiger charge is 2.21. The molecule has 2 aliphatic rings. The molecule has 0 aromatic carbocycles. The predicted molar refractivity (Wildman–Crippen MR) is 61.0 cm³/mol. The van der Waals surface area contributed by atoms with Crippen molar-refractivity contribution in [3.8, 4) is 0 Å². The lowest BCUT2D eigenvalue weighted by molar-refractivity contribution is 0.447. The van der Waals surface area contributed by atoms with Gasteiger partial charge in [0.05, 0.1) is 0 Å². The monoisotopic (exact) mass is 186 g/mol. The third-order valence-corrected chi connectivity index (χ3v) is 3.20. The van der Waals surface area contributed by atoms with E-state index < -0.39 is 0 Å². The van der Waals surface area contributed by atoms with Gasteiger partial charge in [-0.1, -0.05) is 26.0 Å². The number of rotatable bonds is 1. The lowest BCUT2D eigenvalue weighted by atomic mass is 9.79. The summed E-state index contributed by atoms with van der Waals surface area (Å²) in [4.78, 5) is 0. The molecule has 0 heteroatoms. The smallest absolute Gasteiger partial charge is 0.00953 e. The van der Waals surface area contributed by atoms with E-state index in [4.69, 9.17) is 0 Å². The van der Waals surface area contributed by atoms with E-state index in [1.165, 1.54) is 24.0 Å². The van der Waals surface area contributed by atoms with E-state index in [0.717, 1.165) is 12.3 Å². The molecule has 0 saturated carbocycles. The first-order chi connectivity index (χ1) is 6.79. The molecule has 0 aromatic rings. The Balaban J connectivity index is 2.37. The van der Waals surface area contributed by atoms with E-state index in [2.05, 4.69) is 43.9 Å². The molecule has 74 valence electrons. The molecule has 2 rings (SSSR count). The van der Waals surface area contributed by atoms with Crippen LogP contribution in [-0.4, -0.2) is 0 Å². The first kappa shape index (κ1) is 9.55. The average molecular weight is 186 g/mol. The normalized spacial score (nSPS) is 25.5. The van der Waals surface area contributed by atoms with Crippen LogP contribution in [-0.2, 0) is 0 Å². The Hall–Kier alpha value is -1.00. The fraction of sp³-hybridized carbons (Fsp3) is 0.500. The molecule has 0 amide bonds. The van der Waals surface area contributed by atoms with Crippen LogP contribution in [0.2, 0.25) is 0 Å². The van der Waals surface area contributed by atoms with Crippen molar-refractivity contribution in [2.45, 2.75) is 33.1 Å².